The van der Waals surface area contributed by atoms with Crippen LogP contribution in [0.3, 0.4) is 0 Å². The lowest BCUT2D eigenvalue weighted by atomic mass is 9.99. The quantitative estimate of drug-likeness (QED) is 0.707. The van der Waals surface area contributed by atoms with Gasteiger partial charge in [-0.15, -0.1) is 0 Å². The number of ether oxygens (including phenoxy) is 1. The lowest BCUT2D eigenvalue weighted by Gasteiger charge is -2.23. The summed E-state index contributed by atoms with van der Waals surface area (Å²) in [7, 11) is 1.81. The number of carbonyl (C=O) groups excluding carboxylic acids is 1. The first-order valence-electron chi connectivity index (χ1n) is 6.29. The molecule has 1 fully saturated rings. The van der Waals surface area contributed by atoms with Crippen molar-refractivity contribution in [2.75, 3.05) is 13.2 Å². The monoisotopic (exact) mass is 282 g/mol. The molecule has 1 aliphatic rings. The standard InChI is InChI=1S/C12H18N4O4/c1-8-9(6-14-16(8)2)5-13-11(19)15-12(10(17)18)3-4-20-7-12/h6H,3-5,7H2,1-2H3,(H,17,18)(H2,13,15,19). The van der Waals surface area contributed by atoms with E-state index in [9.17, 15) is 14.7 Å². The SMILES string of the molecule is Cc1c(CNC(=O)NC2(C(=O)O)CCOC2)cnn1C. The Morgan fingerprint density at radius 1 is 1.60 bits per heavy atom. The summed E-state index contributed by atoms with van der Waals surface area (Å²) in [6, 6.07) is -0.527. The van der Waals surface area contributed by atoms with Gasteiger partial charge in [-0.2, -0.15) is 5.10 Å². The molecule has 1 aromatic heterocycles. The molecule has 20 heavy (non-hydrogen) atoms. The van der Waals surface area contributed by atoms with E-state index in [2.05, 4.69) is 15.7 Å². The largest absolute Gasteiger partial charge is 0.479 e. The van der Waals surface area contributed by atoms with E-state index >= 15 is 0 Å². The second-order valence-corrected chi connectivity index (χ2v) is 4.88. The van der Waals surface area contributed by atoms with Gasteiger partial charge in [0.05, 0.1) is 12.8 Å². The molecule has 3 N–H and O–H groups in total. The van der Waals surface area contributed by atoms with Crippen molar-refractivity contribution in [2.24, 2.45) is 7.05 Å². The number of aliphatic carboxylic acids is 1. The summed E-state index contributed by atoms with van der Waals surface area (Å²) in [5.74, 6) is -1.08. The Bertz CT molecular complexity index is 520. The van der Waals surface area contributed by atoms with Crippen LogP contribution >= 0.6 is 0 Å². The first-order chi connectivity index (χ1) is 9.44. The van der Waals surface area contributed by atoms with Crippen molar-refractivity contribution in [3.05, 3.63) is 17.5 Å². The highest BCUT2D eigenvalue weighted by molar-refractivity contribution is 5.86. The van der Waals surface area contributed by atoms with E-state index in [4.69, 9.17) is 4.74 Å². The van der Waals surface area contributed by atoms with Crippen molar-refractivity contribution in [3.8, 4) is 0 Å². The molecule has 2 rings (SSSR count). The van der Waals surface area contributed by atoms with Gasteiger partial charge < -0.3 is 20.5 Å². The highest BCUT2D eigenvalue weighted by atomic mass is 16.5. The third kappa shape index (κ3) is 2.74. The fourth-order valence-corrected chi connectivity index (χ4v) is 2.04. The number of amides is 2. The van der Waals surface area contributed by atoms with E-state index in [1.54, 1.807) is 10.9 Å². The zero-order chi connectivity index (χ0) is 14.8. The van der Waals surface area contributed by atoms with Crippen molar-refractivity contribution in [2.45, 2.75) is 25.4 Å². The molecular weight excluding hydrogens is 264 g/mol. The molecule has 0 radical (unpaired) electrons. The van der Waals surface area contributed by atoms with Gasteiger partial charge in [-0.1, -0.05) is 0 Å². The van der Waals surface area contributed by atoms with Gasteiger partial charge in [0.1, 0.15) is 0 Å². The first kappa shape index (κ1) is 14.3. The van der Waals surface area contributed by atoms with E-state index in [1.165, 1.54) is 0 Å². The van der Waals surface area contributed by atoms with Gasteiger partial charge in [-0.05, 0) is 6.92 Å². The number of nitrogens with one attached hydrogen (secondary N) is 2. The molecule has 110 valence electrons. The maximum Gasteiger partial charge on any atom is 0.332 e. The van der Waals surface area contributed by atoms with E-state index in [1.807, 2.05) is 14.0 Å². The number of rotatable bonds is 4. The van der Waals surface area contributed by atoms with E-state index in [0.29, 0.717) is 13.2 Å². The Morgan fingerprint density at radius 3 is 2.85 bits per heavy atom. The van der Waals surface area contributed by atoms with E-state index in [0.717, 1.165) is 11.3 Å². The molecule has 1 aliphatic heterocycles. The minimum absolute atomic E-state index is 0.0122. The van der Waals surface area contributed by atoms with Crippen molar-refractivity contribution in [3.63, 3.8) is 0 Å². The van der Waals surface area contributed by atoms with Crippen molar-refractivity contribution >= 4 is 12.0 Å². The molecule has 1 aromatic rings. The fourth-order valence-electron chi connectivity index (χ4n) is 2.04. The highest BCUT2D eigenvalue weighted by Gasteiger charge is 2.43. The topological polar surface area (TPSA) is 105 Å². The van der Waals surface area contributed by atoms with Gasteiger partial charge in [-0.25, -0.2) is 9.59 Å². The number of nitrogens with zero attached hydrogens (tertiary/aromatic N) is 2. The molecule has 0 bridgehead atoms. The van der Waals surface area contributed by atoms with Crippen molar-refractivity contribution in [1.29, 1.82) is 0 Å². The number of hydrogen-bond donors (Lipinski definition) is 3. The summed E-state index contributed by atoms with van der Waals surface area (Å²) in [4.78, 5) is 23.1. The molecule has 0 aromatic carbocycles. The molecule has 2 amide bonds. The van der Waals surface area contributed by atoms with Crippen LogP contribution in [0.4, 0.5) is 4.79 Å². The Hall–Kier alpha value is -2.09. The summed E-state index contributed by atoms with van der Waals surface area (Å²) < 4.78 is 6.78. The smallest absolute Gasteiger partial charge is 0.332 e. The fraction of sp³-hybridized carbons (Fsp3) is 0.583. The van der Waals surface area contributed by atoms with E-state index < -0.39 is 17.5 Å². The van der Waals surface area contributed by atoms with Crippen LogP contribution in [0.25, 0.3) is 0 Å². The summed E-state index contributed by atoms with van der Waals surface area (Å²) in [6.07, 6.45) is 1.93. The molecule has 2 heterocycles. The molecule has 8 heteroatoms. The number of carboxylic acid groups (broad SMARTS) is 1. The van der Waals surface area contributed by atoms with Gasteiger partial charge >= 0.3 is 12.0 Å². The van der Waals surface area contributed by atoms with Gasteiger partial charge in [0.25, 0.3) is 0 Å². The minimum Gasteiger partial charge on any atom is -0.479 e. The van der Waals surface area contributed by atoms with Crippen molar-refractivity contribution in [1.82, 2.24) is 20.4 Å². The molecule has 1 saturated heterocycles. The normalized spacial score (nSPS) is 21.7. The van der Waals surface area contributed by atoms with Crippen LogP contribution in [0.15, 0.2) is 6.20 Å². The van der Waals surface area contributed by atoms with Crippen LogP contribution in [-0.2, 0) is 23.1 Å². The van der Waals surface area contributed by atoms with Crippen LogP contribution in [0.1, 0.15) is 17.7 Å². The first-order valence-corrected chi connectivity index (χ1v) is 6.29. The molecular formula is C12H18N4O4. The summed E-state index contributed by atoms with van der Waals surface area (Å²) in [5, 5.41) is 18.4. The zero-order valence-corrected chi connectivity index (χ0v) is 11.5. The third-order valence-corrected chi connectivity index (χ3v) is 3.56. The lowest BCUT2D eigenvalue weighted by molar-refractivity contribution is -0.144. The summed E-state index contributed by atoms with van der Waals surface area (Å²) in [6.45, 7) is 2.50. The van der Waals surface area contributed by atoms with Crippen LogP contribution in [-0.4, -0.2) is 45.6 Å². The molecule has 1 atom stereocenters. The maximum absolute atomic E-state index is 11.8. The van der Waals surface area contributed by atoms with Crippen LogP contribution in [0.2, 0.25) is 0 Å². The van der Waals surface area contributed by atoms with Crippen molar-refractivity contribution < 1.29 is 19.4 Å². The minimum atomic E-state index is -1.33. The molecule has 0 spiro atoms. The average molecular weight is 282 g/mol. The molecule has 0 saturated carbocycles. The number of aromatic nitrogens is 2. The number of carboxylic acids is 1. The third-order valence-electron chi connectivity index (χ3n) is 3.56. The van der Waals surface area contributed by atoms with Crippen LogP contribution in [0, 0.1) is 6.92 Å². The molecule has 1 unspecified atom stereocenters. The number of hydrogen-bond acceptors (Lipinski definition) is 4. The summed E-state index contributed by atoms with van der Waals surface area (Å²) >= 11 is 0. The Morgan fingerprint density at radius 2 is 2.35 bits per heavy atom. The number of urea groups is 1. The predicted molar refractivity (Wildman–Crippen MR) is 69.1 cm³/mol. The summed E-state index contributed by atoms with van der Waals surface area (Å²) in [5.41, 5.74) is 0.505. The lowest BCUT2D eigenvalue weighted by Crippen LogP contribution is -2.57. The van der Waals surface area contributed by atoms with Crippen LogP contribution in [0.5, 0.6) is 0 Å². The number of aryl methyl sites for hydroxylation is 1. The van der Waals surface area contributed by atoms with Gasteiger partial charge in [-0.3, -0.25) is 4.68 Å². The highest BCUT2D eigenvalue weighted by Crippen LogP contribution is 2.18. The molecule has 0 aliphatic carbocycles. The van der Waals surface area contributed by atoms with Gasteiger partial charge in [0, 0.05) is 37.9 Å². The second-order valence-electron chi connectivity index (χ2n) is 4.88. The Balaban J connectivity index is 1.92. The Labute approximate surface area is 116 Å². The zero-order valence-electron chi connectivity index (χ0n) is 11.5. The predicted octanol–water partition coefficient (Wildman–Crippen LogP) is -0.229. The van der Waals surface area contributed by atoms with Gasteiger partial charge in [0.15, 0.2) is 5.54 Å². The van der Waals surface area contributed by atoms with Gasteiger partial charge in [0.2, 0.25) is 0 Å². The van der Waals surface area contributed by atoms with E-state index in [-0.39, 0.29) is 13.0 Å². The molecule has 8 nitrogen and oxygen atoms in total. The Kier molecular flexibility index (Phi) is 3.93. The number of carbonyl (C=O) groups is 2. The average Bonchev–Trinajstić information content (AvgIpc) is 2.98. The van der Waals surface area contributed by atoms with Crippen LogP contribution < -0.4 is 10.6 Å². The second kappa shape index (κ2) is 5.49. The maximum atomic E-state index is 11.8.